The van der Waals surface area contributed by atoms with Crippen LogP contribution in [0.1, 0.15) is 10.1 Å². The number of thiophene rings is 1. The van der Waals surface area contributed by atoms with Gasteiger partial charge in [-0.2, -0.15) is 0 Å². The quantitative estimate of drug-likeness (QED) is 0.869. The summed E-state index contributed by atoms with van der Waals surface area (Å²) in [4.78, 5) is 9.41. The van der Waals surface area contributed by atoms with Gasteiger partial charge in [0.1, 0.15) is 5.03 Å². The molecule has 0 aliphatic carbocycles. The van der Waals surface area contributed by atoms with Gasteiger partial charge in [0.2, 0.25) is 0 Å². The van der Waals surface area contributed by atoms with Crippen molar-refractivity contribution in [2.75, 3.05) is 6.54 Å². The molecular weight excluding hydrogens is 262 g/mol. The molecule has 0 fully saturated rings. The lowest BCUT2D eigenvalue weighted by molar-refractivity contribution is 0.948. The fourth-order valence-electron chi connectivity index (χ4n) is 1.22. The predicted octanol–water partition coefficient (Wildman–Crippen LogP) is 2.98. The van der Waals surface area contributed by atoms with Crippen molar-refractivity contribution in [3.8, 4) is 0 Å². The van der Waals surface area contributed by atoms with Gasteiger partial charge >= 0.3 is 0 Å². The molecule has 0 aliphatic heterocycles. The van der Waals surface area contributed by atoms with Crippen molar-refractivity contribution >= 4 is 34.7 Å². The first-order valence-corrected chi connectivity index (χ1v) is 6.75. The highest BCUT2D eigenvalue weighted by molar-refractivity contribution is 7.99. The Morgan fingerprint density at radius 1 is 1.44 bits per heavy atom. The van der Waals surface area contributed by atoms with Gasteiger partial charge in [-0.1, -0.05) is 23.4 Å². The standard InChI is InChI=1S/C10H10ClN3S2/c11-9-2-1-7(15-9)8(5-12)16-10-6-13-3-4-14-10/h1-4,6,8H,5,12H2. The molecule has 0 aromatic carbocycles. The van der Waals surface area contributed by atoms with Crippen LogP contribution in [-0.2, 0) is 0 Å². The molecule has 3 nitrogen and oxygen atoms in total. The minimum atomic E-state index is 0.189. The average Bonchev–Trinajstić information content (AvgIpc) is 2.74. The van der Waals surface area contributed by atoms with E-state index in [0.29, 0.717) is 6.54 Å². The highest BCUT2D eigenvalue weighted by Gasteiger charge is 2.14. The number of nitrogens with two attached hydrogens (primary N) is 1. The number of thioether (sulfide) groups is 1. The molecule has 0 saturated carbocycles. The van der Waals surface area contributed by atoms with Crippen LogP contribution in [-0.4, -0.2) is 16.5 Å². The molecule has 0 amide bonds. The molecule has 2 aromatic heterocycles. The summed E-state index contributed by atoms with van der Waals surface area (Å²) in [5, 5.41) is 1.07. The first-order valence-electron chi connectivity index (χ1n) is 4.67. The third-order valence-corrected chi connectivity index (χ3v) is 4.61. The van der Waals surface area contributed by atoms with Crippen molar-refractivity contribution < 1.29 is 0 Å². The largest absolute Gasteiger partial charge is 0.329 e. The second-order valence-electron chi connectivity index (χ2n) is 3.03. The highest BCUT2D eigenvalue weighted by atomic mass is 35.5. The van der Waals surface area contributed by atoms with Crippen molar-refractivity contribution in [1.82, 2.24) is 9.97 Å². The number of rotatable bonds is 4. The van der Waals surface area contributed by atoms with E-state index in [1.165, 1.54) is 4.88 Å². The van der Waals surface area contributed by atoms with E-state index in [1.807, 2.05) is 12.1 Å². The summed E-state index contributed by atoms with van der Waals surface area (Å²) in [6.07, 6.45) is 5.07. The molecule has 2 N–H and O–H groups in total. The zero-order chi connectivity index (χ0) is 11.4. The lowest BCUT2D eigenvalue weighted by atomic mass is 10.3. The Bertz CT molecular complexity index is 446. The maximum atomic E-state index is 5.90. The van der Waals surface area contributed by atoms with Crippen LogP contribution in [0.4, 0.5) is 0 Å². The van der Waals surface area contributed by atoms with Gasteiger partial charge in [0.05, 0.1) is 15.8 Å². The van der Waals surface area contributed by atoms with Crippen LogP contribution in [0.15, 0.2) is 35.7 Å². The number of nitrogens with zero attached hydrogens (tertiary/aromatic N) is 2. The topological polar surface area (TPSA) is 51.8 Å². The van der Waals surface area contributed by atoms with Gasteiger partial charge < -0.3 is 5.73 Å². The minimum Gasteiger partial charge on any atom is -0.329 e. The van der Waals surface area contributed by atoms with Gasteiger partial charge in [0, 0.05) is 23.8 Å². The second kappa shape index (κ2) is 5.63. The van der Waals surface area contributed by atoms with Crippen LogP contribution >= 0.6 is 34.7 Å². The summed E-state index contributed by atoms with van der Waals surface area (Å²) in [7, 11) is 0. The Morgan fingerprint density at radius 2 is 2.31 bits per heavy atom. The number of hydrogen-bond donors (Lipinski definition) is 1. The molecule has 16 heavy (non-hydrogen) atoms. The van der Waals surface area contributed by atoms with Crippen LogP contribution in [0, 0.1) is 0 Å². The number of halogens is 1. The summed E-state index contributed by atoms with van der Waals surface area (Å²) in [5.41, 5.74) is 5.76. The van der Waals surface area contributed by atoms with Crippen molar-refractivity contribution in [3.63, 3.8) is 0 Å². The first kappa shape index (κ1) is 11.9. The molecule has 2 rings (SSSR count). The van der Waals surface area contributed by atoms with Gasteiger partial charge in [-0.25, -0.2) is 4.98 Å². The summed E-state index contributed by atoms with van der Waals surface area (Å²) in [6, 6.07) is 3.90. The highest BCUT2D eigenvalue weighted by Crippen LogP contribution is 2.37. The lowest BCUT2D eigenvalue weighted by Crippen LogP contribution is -2.08. The van der Waals surface area contributed by atoms with Crippen molar-refractivity contribution in [3.05, 3.63) is 39.9 Å². The lowest BCUT2D eigenvalue weighted by Gasteiger charge is -2.10. The van der Waals surface area contributed by atoms with Crippen LogP contribution in [0.25, 0.3) is 0 Å². The molecule has 2 heterocycles. The molecule has 0 saturated heterocycles. The van der Waals surface area contributed by atoms with Crippen LogP contribution in [0.5, 0.6) is 0 Å². The normalized spacial score (nSPS) is 12.6. The van der Waals surface area contributed by atoms with E-state index < -0.39 is 0 Å². The second-order valence-corrected chi connectivity index (χ2v) is 6.00. The summed E-state index contributed by atoms with van der Waals surface area (Å²) >= 11 is 9.07. The van der Waals surface area contributed by atoms with E-state index >= 15 is 0 Å². The molecule has 0 aliphatic rings. The van der Waals surface area contributed by atoms with Crippen LogP contribution in [0.3, 0.4) is 0 Å². The zero-order valence-corrected chi connectivity index (χ0v) is 10.7. The third kappa shape index (κ3) is 2.95. The van der Waals surface area contributed by atoms with E-state index in [4.69, 9.17) is 17.3 Å². The van der Waals surface area contributed by atoms with Crippen LogP contribution < -0.4 is 5.73 Å². The average molecular weight is 272 g/mol. The third-order valence-electron chi connectivity index (χ3n) is 1.93. The van der Waals surface area contributed by atoms with Crippen LogP contribution in [0.2, 0.25) is 4.34 Å². The zero-order valence-electron chi connectivity index (χ0n) is 8.34. The van der Waals surface area contributed by atoms with Crippen molar-refractivity contribution in [2.45, 2.75) is 10.3 Å². The Morgan fingerprint density at radius 3 is 2.88 bits per heavy atom. The Labute approximate surface area is 107 Å². The molecule has 0 bridgehead atoms. The van der Waals surface area contributed by atoms with Gasteiger partial charge in [0.15, 0.2) is 0 Å². The van der Waals surface area contributed by atoms with Gasteiger partial charge in [-0.3, -0.25) is 4.98 Å². The molecule has 0 radical (unpaired) electrons. The maximum absolute atomic E-state index is 5.90. The van der Waals surface area contributed by atoms with E-state index in [2.05, 4.69) is 9.97 Å². The minimum absolute atomic E-state index is 0.189. The van der Waals surface area contributed by atoms with Crippen molar-refractivity contribution in [1.29, 1.82) is 0 Å². The first-order chi connectivity index (χ1) is 7.79. The SMILES string of the molecule is NCC(Sc1cnccn1)c1ccc(Cl)s1. The molecule has 1 atom stereocenters. The monoisotopic (exact) mass is 271 g/mol. The maximum Gasteiger partial charge on any atom is 0.115 e. The fraction of sp³-hybridized carbons (Fsp3) is 0.200. The van der Waals surface area contributed by atoms with Crippen molar-refractivity contribution in [2.24, 2.45) is 5.73 Å². The Balaban J connectivity index is 2.12. The van der Waals surface area contributed by atoms with Gasteiger partial charge in [-0.05, 0) is 12.1 Å². The number of hydrogen-bond acceptors (Lipinski definition) is 5. The molecular formula is C10H10ClN3S2. The molecule has 6 heteroatoms. The van der Waals surface area contributed by atoms with E-state index in [-0.39, 0.29) is 5.25 Å². The fourth-order valence-corrected chi connectivity index (χ4v) is 3.39. The predicted molar refractivity (Wildman–Crippen MR) is 69.0 cm³/mol. The van der Waals surface area contributed by atoms with E-state index in [9.17, 15) is 0 Å². The molecule has 2 aromatic rings. The summed E-state index contributed by atoms with van der Waals surface area (Å²) in [6.45, 7) is 0.554. The van der Waals surface area contributed by atoms with E-state index in [0.717, 1.165) is 9.36 Å². The summed E-state index contributed by atoms with van der Waals surface area (Å²) in [5.74, 6) is 0. The van der Waals surface area contributed by atoms with Gasteiger partial charge in [-0.15, -0.1) is 11.3 Å². The number of aromatic nitrogens is 2. The van der Waals surface area contributed by atoms with Gasteiger partial charge in [0.25, 0.3) is 0 Å². The summed E-state index contributed by atoms with van der Waals surface area (Å²) < 4.78 is 0.785. The smallest absolute Gasteiger partial charge is 0.115 e. The molecule has 1 unspecified atom stereocenters. The Hall–Kier alpha value is -0.620. The van der Waals surface area contributed by atoms with E-state index in [1.54, 1.807) is 41.7 Å². The molecule has 0 spiro atoms. The molecule has 84 valence electrons. The Kier molecular flexibility index (Phi) is 4.17.